The van der Waals surface area contributed by atoms with E-state index >= 15 is 0 Å². The Morgan fingerprint density at radius 3 is 2.39 bits per heavy atom. The van der Waals surface area contributed by atoms with Gasteiger partial charge in [-0.25, -0.2) is 14.5 Å². The fourth-order valence-corrected chi connectivity index (χ4v) is 6.44. The van der Waals surface area contributed by atoms with Crippen molar-refractivity contribution in [2.75, 3.05) is 7.11 Å². The van der Waals surface area contributed by atoms with Crippen molar-refractivity contribution in [2.24, 2.45) is 4.99 Å². The van der Waals surface area contributed by atoms with Gasteiger partial charge in [-0.15, -0.1) is 0 Å². The molecule has 2 aromatic heterocycles. The molecule has 5 aromatic rings. The number of ether oxygens (including phenoxy) is 2. The molecule has 1 aliphatic heterocycles. The van der Waals surface area contributed by atoms with E-state index in [9.17, 15) is 9.59 Å². The fourth-order valence-electron chi connectivity index (χ4n) is 5.14. The van der Waals surface area contributed by atoms with E-state index in [4.69, 9.17) is 19.6 Å². The average molecular weight is 670 g/mol. The first-order chi connectivity index (χ1) is 21.2. The summed E-state index contributed by atoms with van der Waals surface area (Å²) in [6, 6.07) is 24.3. The zero-order valence-corrected chi connectivity index (χ0v) is 26.9. The van der Waals surface area contributed by atoms with Crippen LogP contribution in [0.25, 0.3) is 23.0 Å². The van der Waals surface area contributed by atoms with Crippen molar-refractivity contribution in [1.82, 2.24) is 14.3 Å². The monoisotopic (exact) mass is 668 g/mol. The largest absolute Gasteiger partial charge is 0.497 e. The highest BCUT2D eigenvalue weighted by Crippen LogP contribution is 2.32. The van der Waals surface area contributed by atoms with E-state index in [1.165, 1.54) is 11.3 Å². The second-order valence-corrected chi connectivity index (χ2v) is 12.5. The Morgan fingerprint density at radius 1 is 1.02 bits per heavy atom. The first-order valence-corrected chi connectivity index (χ1v) is 15.6. The molecule has 222 valence electrons. The Kier molecular flexibility index (Phi) is 8.20. The summed E-state index contributed by atoms with van der Waals surface area (Å²) in [7, 11) is 1.59. The molecule has 44 heavy (non-hydrogen) atoms. The molecule has 0 amide bonds. The number of nitrogens with zero attached hydrogens (tertiary/aromatic N) is 4. The lowest BCUT2D eigenvalue weighted by Crippen LogP contribution is -2.40. The van der Waals surface area contributed by atoms with Crippen molar-refractivity contribution in [3.05, 3.63) is 132 Å². The van der Waals surface area contributed by atoms with Crippen molar-refractivity contribution in [3.8, 4) is 22.7 Å². The normalized spacial score (nSPS) is 14.9. The number of hydrogen-bond acceptors (Lipinski definition) is 7. The third kappa shape index (κ3) is 5.70. The highest BCUT2D eigenvalue weighted by molar-refractivity contribution is 9.10. The maximum atomic E-state index is 14.2. The molecule has 0 fully saturated rings. The van der Waals surface area contributed by atoms with Gasteiger partial charge in [0.2, 0.25) is 0 Å². The average Bonchev–Trinajstić information content (AvgIpc) is 3.57. The van der Waals surface area contributed by atoms with Gasteiger partial charge in [0.05, 0.1) is 46.4 Å². The number of carbonyl (C=O) groups is 1. The number of benzene rings is 3. The van der Waals surface area contributed by atoms with Crippen LogP contribution in [0.4, 0.5) is 0 Å². The highest BCUT2D eigenvalue weighted by atomic mass is 79.9. The lowest BCUT2D eigenvalue weighted by atomic mass is 9.96. The fraction of sp³-hybridized carbons (Fsp3) is 0.176. The zero-order valence-electron chi connectivity index (χ0n) is 24.5. The van der Waals surface area contributed by atoms with Crippen LogP contribution in [0, 0.1) is 0 Å². The van der Waals surface area contributed by atoms with Crippen LogP contribution in [0.3, 0.4) is 0 Å². The Hall–Kier alpha value is -4.54. The van der Waals surface area contributed by atoms with Crippen LogP contribution in [0.2, 0.25) is 0 Å². The van der Waals surface area contributed by atoms with E-state index < -0.39 is 12.0 Å². The minimum absolute atomic E-state index is 0.258. The Morgan fingerprint density at radius 2 is 1.73 bits per heavy atom. The maximum absolute atomic E-state index is 14.2. The number of fused-ring (bicyclic) bond motifs is 1. The number of carbonyl (C=O) groups excluding carboxylic acids is 1. The molecule has 0 N–H and O–H groups in total. The first-order valence-electron chi connectivity index (χ1n) is 14.0. The van der Waals surface area contributed by atoms with Crippen molar-refractivity contribution in [1.29, 1.82) is 0 Å². The molecule has 3 aromatic carbocycles. The van der Waals surface area contributed by atoms with E-state index in [2.05, 4.69) is 15.9 Å². The Balaban J connectivity index is 1.55. The first kappa shape index (κ1) is 29.5. The summed E-state index contributed by atoms with van der Waals surface area (Å²) < 4.78 is 15.8. The third-order valence-electron chi connectivity index (χ3n) is 7.18. The number of halogens is 1. The van der Waals surface area contributed by atoms with Gasteiger partial charge in [0.25, 0.3) is 5.56 Å². The van der Waals surface area contributed by atoms with E-state index in [1.54, 1.807) is 32.4 Å². The summed E-state index contributed by atoms with van der Waals surface area (Å²) in [6.07, 6.45) is 3.44. The molecule has 8 nitrogen and oxygen atoms in total. The molecule has 1 aliphatic rings. The quantitative estimate of drug-likeness (QED) is 0.204. The van der Waals surface area contributed by atoms with Crippen molar-refractivity contribution in [2.45, 2.75) is 32.9 Å². The molecule has 3 heterocycles. The molecular weight excluding hydrogens is 640 g/mol. The number of hydrogen-bond donors (Lipinski definition) is 0. The number of thiazole rings is 1. The van der Waals surface area contributed by atoms with Gasteiger partial charge in [0.1, 0.15) is 5.75 Å². The Bertz CT molecular complexity index is 2060. The molecule has 6 rings (SSSR count). The molecule has 0 radical (unpaired) electrons. The molecule has 0 bridgehead atoms. The van der Waals surface area contributed by atoms with Crippen LogP contribution in [0.5, 0.6) is 5.75 Å². The van der Waals surface area contributed by atoms with Gasteiger partial charge in [-0.3, -0.25) is 9.36 Å². The summed E-state index contributed by atoms with van der Waals surface area (Å²) in [5.41, 5.74) is 4.64. The molecule has 0 saturated carbocycles. The van der Waals surface area contributed by atoms with Gasteiger partial charge in [0, 0.05) is 21.8 Å². The number of esters is 1. The number of aromatic nitrogens is 3. The molecule has 0 saturated heterocycles. The molecule has 0 aliphatic carbocycles. The summed E-state index contributed by atoms with van der Waals surface area (Å²) in [6.45, 7) is 5.37. The van der Waals surface area contributed by atoms with Gasteiger partial charge in [-0.1, -0.05) is 69.7 Å². The van der Waals surface area contributed by atoms with E-state index in [0.29, 0.717) is 26.4 Å². The second-order valence-electron chi connectivity index (χ2n) is 10.5. The van der Waals surface area contributed by atoms with Crippen LogP contribution < -0.4 is 19.6 Å². The second kappa shape index (κ2) is 12.2. The molecule has 1 atom stereocenters. The Labute approximate surface area is 266 Å². The van der Waals surface area contributed by atoms with Crippen LogP contribution in [-0.2, 0) is 9.53 Å². The molecule has 1 unspecified atom stereocenters. The summed E-state index contributed by atoms with van der Waals surface area (Å²) in [5, 5.41) is 4.90. The van der Waals surface area contributed by atoms with Crippen LogP contribution in [0.15, 0.2) is 111 Å². The lowest BCUT2D eigenvalue weighted by molar-refractivity contribution is -0.143. The summed E-state index contributed by atoms with van der Waals surface area (Å²) >= 11 is 4.79. The SMILES string of the molecule is COc1ccc(C2C(C(=O)OC(C)C)=C(C)N=c3s/c(=C\c4cn(-c5ccccc5)nc4-c4ccc(Br)cc4)c(=O)n32)cc1. The van der Waals surface area contributed by atoms with Crippen molar-refractivity contribution < 1.29 is 14.3 Å². The van der Waals surface area contributed by atoms with E-state index in [-0.39, 0.29) is 11.7 Å². The minimum atomic E-state index is -0.719. The standard InChI is InChI=1S/C34H29BrN4O4S/c1-20(2)43-33(41)29-21(3)36-34-39(31(29)23-12-16-27(42-4)17-13-23)32(40)28(44-34)18-24-19-38(26-8-6-5-7-9-26)37-30(24)22-10-14-25(35)15-11-22/h5-20,31H,1-4H3/b28-18-. The van der Waals surface area contributed by atoms with Gasteiger partial charge in [0.15, 0.2) is 4.80 Å². The number of allylic oxidation sites excluding steroid dienone is 1. The summed E-state index contributed by atoms with van der Waals surface area (Å²) in [4.78, 5) is 32.9. The molecular formula is C34H29BrN4O4S. The van der Waals surface area contributed by atoms with Crippen molar-refractivity contribution >= 4 is 39.3 Å². The summed E-state index contributed by atoms with van der Waals surface area (Å²) in [5.74, 6) is 0.169. The number of methoxy groups -OCH3 is 1. The van der Waals surface area contributed by atoms with Gasteiger partial charge in [-0.2, -0.15) is 5.10 Å². The van der Waals surface area contributed by atoms with Gasteiger partial charge >= 0.3 is 5.97 Å². The number of rotatable bonds is 7. The third-order valence-corrected chi connectivity index (χ3v) is 8.70. The topological polar surface area (TPSA) is 87.7 Å². The molecule has 10 heteroatoms. The maximum Gasteiger partial charge on any atom is 0.338 e. The number of para-hydroxylation sites is 1. The van der Waals surface area contributed by atoms with E-state index in [1.807, 2.05) is 95.8 Å². The predicted octanol–water partition coefficient (Wildman–Crippen LogP) is 5.81. The van der Waals surface area contributed by atoms with Gasteiger partial charge < -0.3 is 9.47 Å². The van der Waals surface area contributed by atoms with Gasteiger partial charge in [-0.05, 0) is 68.8 Å². The zero-order chi connectivity index (χ0) is 31.0. The van der Waals surface area contributed by atoms with Crippen LogP contribution >= 0.6 is 27.3 Å². The van der Waals surface area contributed by atoms with Crippen LogP contribution in [-0.4, -0.2) is 33.5 Å². The highest BCUT2D eigenvalue weighted by Gasteiger charge is 2.34. The smallest absolute Gasteiger partial charge is 0.338 e. The minimum Gasteiger partial charge on any atom is -0.497 e. The van der Waals surface area contributed by atoms with Crippen molar-refractivity contribution in [3.63, 3.8) is 0 Å². The molecule has 0 spiro atoms. The van der Waals surface area contributed by atoms with Crippen LogP contribution in [0.1, 0.15) is 37.9 Å². The predicted molar refractivity (Wildman–Crippen MR) is 175 cm³/mol. The lowest BCUT2D eigenvalue weighted by Gasteiger charge is -2.25. The van der Waals surface area contributed by atoms with E-state index in [0.717, 1.165) is 32.5 Å².